The van der Waals surface area contributed by atoms with Gasteiger partial charge in [0.05, 0.1) is 0 Å². The number of para-hydroxylation sites is 1. The average molecular weight is 280 g/mol. The number of rotatable bonds is 0. The van der Waals surface area contributed by atoms with E-state index in [1.807, 2.05) is 19.1 Å². The molecule has 0 saturated carbocycles. The first kappa shape index (κ1) is 12.9. The molecule has 1 saturated heterocycles. The van der Waals surface area contributed by atoms with Gasteiger partial charge in [-0.05, 0) is 30.5 Å². The van der Waals surface area contributed by atoms with Gasteiger partial charge in [0, 0.05) is 41.8 Å². The Bertz CT molecular complexity index is 771. The minimum Gasteiger partial charge on any atom is -0.381 e. The maximum Gasteiger partial charge on any atom is 0.114 e. The molecular weight excluding hydrogens is 260 g/mol. The molecule has 0 radical (unpaired) electrons. The fourth-order valence-electron chi connectivity index (χ4n) is 3.79. The summed E-state index contributed by atoms with van der Waals surface area (Å²) in [5.74, 6) is 0. The van der Waals surface area contributed by atoms with Crippen molar-refractivity contribution in [1.29, 1.82) is 0 Å². The van der Waals surface area contributed by atoms with E-state index in [1.165, 1.54) is 10.9 Å². The lowest BCUT2D eigenvalue weighted by Crippen LogP contribution is -2.48. The Morgan fingerprint density at radius 1 is 1.33 bits per heavy atom. The van der Waals surface area contributed by atoms with Gasteiger partial charge >= 0.3 is 0 Å². The van der Waals surface area contributed by atoms with Gasteiger partial charge in [-0.25, -0.2) is 0 Å². The molecule has 3 aliphatic rings. The molecule has 4 heterocycles. The number of hydrogen-bond donors (Lipinski definition) is 2. The number of allylic oxidation sites excluding steroid dienone is 1. The molecule has 3 aliphatic heterocycles. The first-order valence-corrected chi connectivity index (χ1v) is 7.53. The predicted octanol–water partition coefficient (Wildman–Crippen LogP) is 3.08. The van der Waals surface area contributed by atoms with Crippen molar-refractivity contribution in [2.45, 2.75) is 25.5 Å². The monoisotopic (exact) mass is 280 g/mol. The van der Waals surface area contributed by atoms with Gasteiger partial charge in [0.25, 0.3) is 0 Å². The van der Waals surface area contributed by atoms with Crippen LogP contribution in [0.15, 0.2) is 42.5 Å². The van der Waals surface area contributed by atoms with Gasteiger partial charge in [0.1, 0.15) is 5.60 Å². The van der Waals surface area contributed by atoms with E-state index in [0.29, 0.717) is 0 Å². The molecule has 1 fully saturated rings. The Morgan fingerprint density at radius 2 is 2.14 bits per heavy atom. The summed E-state index contributed by atoms with van der Waals surface area (Å²) < 4.78 is 0. The quantitative estimate of drug-likeness (QED) is 0.728. The lowest BCUT2D eigenvalue weighted by molar-refractivity contribution is 0.0709. The van der Waals surface area contributed by atoms with Crippen LogP contribution in [0.4, 0.5) is 0 Å². The molecule has 0 amide bonds. The van der Waals surface area contributed by atoms with E-state index in [2.05, 4.69) is 34.7 Å². The number of aromatic amines is 1. The van der Waals surface area contributed by atoms with Crippen molar-refractivity contribution >= 4 is 16.5 Å². The zero-order valence-corrected chi connectivity index (χ0v) is 12.3. The molecule has 1 unspecified atom stereocenters. The molecule has 0 spiro atoms. The molecular formula is C18H20N2O. The van der Waals surface area contributed by atoms with Crippen LogP contribution >= 0.6 is 0 Å². The highest BCUT2D eigenvalue weighted by Gasteiger charge is 2.42. The highest BCUT2D eigenvalue weighted by atomic mass is 16.3. The van der Waals surface area contributed by atoms with Crippen molar-refractivity contribution in [2.24, 2.45) is 0 Å². The third-order valence-corrected chi connectivity index (χ3v) is 5.06. The summed E-state index contributed by atoms with van der Waals surface area (Å²) in [5, 5.41) is 12.5. The molecule has 0 aliphatic carbocycles. The molecule has 2 aromatic rings. The second-order valence-corrected chi connectivity index (χ2v) is 6.14. The van der Waals surface area contributed by atoms with Crippen molar-refractivity contribution in [2.75, 3.05) is 13.1 Å². The molecule has 2 atom stereocenters. The second kappa shape index (κ2) is 4.33. The largest absolute Gasteiger partial charge is 0.381 e. The zero-order chi connectivity index (χ0) is 14.6. The first-order valence-electron chi connectivity index (χ1n) is 7.53. The van der Waals surface area contributed by atoms with Crippen LogP contribution in [0, 0.1) is 0 Å². The summed E-state index contributed by atoms with van der Waals surface area (Å²) in [6.07, 6.45) is 2.77. The maximum absolute atomic E-state index is 11.2. The second-order valence-electron chi connectivity index (χ2n) is 6.14. The van der Waals surface area contributed by atoms with Gasteiger partial charge in [0.2, 0.25) is 0 Å². The van der Waals surface area contributed by atoms with Gasteiger partial charge in [-0.15, -0.1) is 0 Å². The summed E-state index contributed by atoms with van der Waals surface area (Å²) in [6.45, 7) is 8.90. The van der Waals surface area contributed by atoms with Crippen LogP contribution in [-0.4, -0.2) is 33.7 Å². The van der Waals surface area contributed by atoms with Crippen LogP contribution in [0.1, 0.15) is 24.6 Å². The fourth-order valence-corrected chi connectivity index (χ4v) is 3.79. The minimum atomic E-state index is -0.901. The number of hydrogen-bond acceptors (Lipinski definition) is 2. The van der Waals surface area contributed by atoms with Gasteiger partial charge in [-0.3, -0.25) is 4.90 Å². The molecule has 1 aromatic heterocycles. The Kier molecular flexibility index (Phi) is 2.65. The van der Waals surface area contributed by atoms with E-state index >= 15 is 0 Å². The number of nitrogens with one attached hydrogen (secondary N) is 1. The lowest BCUT2D eigenvalue weighted by atomic mass is 9.76. The number of aromatic nitrogens is 1. The third kappa shape index (κ3) is 1.68. The Labute approximate surface area is 124 Å². The number of fused-ring (bicyclic) bond motifs is 3. The average Bonchev–Trinajstić information content (AvgIpc) is 2.85. The van der Waals surface area contributed by atoms with Crippen LogP contribution in [0.5, 0.6) is 0 Å². The van der Waals surface area contributed by atoms with Crippen LogP contribution in [0.2, 0.25) is 0 Å². The molecule has 2 N–H and O–H groups in total. The van der Waals surface area contributed by atoms with Gasteiger partial charge in [-0.1, -0.05) is 30.9 Å². The summed E-state index contributed by atoms with van der Waals surface area (Å²) in [6, 6.07) is 8.34. The fraction of sp³-hybridized carbons (Fsp3) is 0.333. The zero-order valence-electron chi connectivity index (χ0n) is 12.3. The Morgan fingerprint density at radius 3 is 2.95 bits per heavy atom. The highest BCUT2D eigenvalue weighted by Crippen LogP contribution is 2.43. The van der Waals surface area contributed by atoms with E-state index < -0.39 is 5.60 Å². The van der Waals surface area contributed by atoms with E-state index in [4.69, 9.17) is 0 Å². The Hall–Kier alpha value is -1.84. The summed E-state index contributed by atoms with van der Waals surface area (Å²) in [4.78, 5) is 5.89. The van der Waals surface area contributed by atoms with Gasteiger partial charge < -0.3 is 10.1 Å². The third-order valence-electron chi connectivity index (χ3n) is 5.06. The van der Waals surface area contributed by atoms with Crippen LogP contribution in [0.3, 0.4) is 0 Å². The molecule has 2 bridgehead atoms. The van der Waals surface area contributed by atoms with E-state index in [1.54, 1.807) is 0 Å². The standard InChI is InChI=1S/C18H20N2O/c1-3-13-10-20-9-8-18(13,21)12(2)17-15(11-20)14-6-4-5-7-16(14)19-17/h3-7,19,21H,2,8-11H2,1H3/b13-3-/t18-/m0/s1. The van der Waals surface area contributed by atoms with Crippen LogP contribution < -0.4 is 0 Å². The molecule has 108 valence electrons. The lowest BCUT2D eigenvalue weighted by Gasteiger charge is -2.44. The topological polar surface area (TPSA) is 39.3 Å². The van der Waals surface area contributed by atoms with Gasteiger partial charge in [-0.2, -0.15) is 0 Å². The first-order chi connectivity index (χ1) is 10.1. The van der Waals surface area contributed by atoms with Crippen molar-refractivity contribution in [3.05, 3.63) is 53.8 Å². The molecule has 21 heavy (non-hydrogen) atoms. The number of piperidine rings is 1. The summed E-state index contributed by atoms with van der Waals surface area (Å²) in [7, 11) is 0. The predicted molar refractivity (Wildman–Crippen MR) is 85.9 cm³/mol. The van der Waals surface area contributed by atoms with Crippen LogP contribution in [-0.2, 0) is 6.54 Å². The highest BCUT2D eigenvalue weighted by molar-refractivity contribution is 5.91. The maximum atomic E-state index is 11.2. The van der Waals surface area contributed by atoms with Gasteiger partial charge in [0.15, 0.2) is 0 Å². The smallest absolute Gasteiger partial charge is 0.114 e. The number of nitrogens with zero attached hydrogens (tertiary/aromatic N) is 1. The molecule has 3 nitrogen and oxygen atoms in total. The van der Waals surface area contributed by atoms with E-state index in [-0.39, 0.29) is 0 Å². The van der Waals surface area contributed by atoms with Crippen molar-refractivity contribution in [3.63, 3.8) is 0 Å². The number of aliphatic hydroxyl groups is 1. The summed E-state index contributed by atoms with van der Waals surface area (Å²) >= 11 is 0. The molecule has 5 rings (SSSR count). The van der Waals surface area contributed by atoms with Crippen molar-refractivity contribution < 1.29 is 5.11 Å². The minimum absolute atomic E-state index is 0.723. The normalized spacial score (nSPS) is 30.5. The van der Waals surface area contributed by atoms with E-state index in [9.17, 15) is 5.11 Å². The Balaban J connectivity index is 1.99. The van der Waals surface area contributed by atoms with E-state index in [0.717, 1.165) is 48.4 Å². The number of H-pyrrole nitrogens is 1. The molecule has 1 aromatic carbocycles. The number of benzene rings is 1. The summed E-state index contributed by atoms with van der Waals surface area (Å²) in [5.41, 5.74) is 4.40. The SMILES string of the molecule is C=C1c2[nH]c3ccccc3c2CN2CC[C@@]1(O)/C(=C\C)C2. The van der Waals surface area contributed by atoms with Crippen molar-refractivity contribution in [1.82, 2.24) is 9.88 Å². The molecule has 3 heteroatoms. The van der Waals surface area contributed by atoms with Crippen molar-refractivity contribution in [3.8, 4) is 0 Å². The van der Waals surface area contributed by atoms with Crippen LogP contribution in [0.25, 0.3) is 16.5 Å².